The van der Waals surface area contributed by atoms with Crippen LogP contribution in [-0.2, 0) is 11.3 Å². The minimum atomic E-state index is -0.290. The number of nitrogens with one attached hydrogen (secondary N) is 1. The number of aryl methyl sites for hydroxylation is 1. The van der Waals surface area contributed by atoms with Crippen molar-refractivity contribution in [3.63, 3.8) is 0 Å². The number of halogens is 1. The highest BCUT2D eigenvalue weighted by Crippen LogP contribution is 2.20. The van der Waals surface area contributed by atoms with E-state index < -0.39 is 0 Å². The minimum absolute atomic E-state index is 0.131. The SMILES string of the molecule is Cc1ccc(CNC(=O)COc2ccc(-c3nnco3)cc2)cc1F. The molecule has 7 heteroatoms. The van der Waals surface area contributed by atoms with Gasteiger partial charge in [0.05, 0.1) is 0 Å². The molecule has 0 unspecified atom stereocenters. The Morgan fingerprint density at radius 1 is 1.24 bits per heavy atom. The monoisotopic (exact) mass is 341 g/mol. The van der Waals surface area contributed by atoms with Crippen LogP contribution in [0, 0.1) is 12.7 Å². The van der Waals surface area contributed by atoms with E-state index in [0.29, 0.717) is 22.8 Å². The first kappa shape index (κ1) is 16.6. The Balaban J connectivity index is 1.48. The van der Waals surface area contributed by atoms with Gasteiger partial charge >= 0.3 is 0 Å². The van der Waals surface area contributed by atoms with Crippen molar-refractivity contribution in [3.8, 4) is 17.2 Å². The molecule has 0 spiro atoms. The van der Waals surface area contributed by atoms with Gasteiger partial charge in [0.25, 0.3) is 5.91 Å². The van der Waals surface area contributed by atoms with Crippen LogP contribution in [0.4, 0.5) is 4.39 Å². The topological polar surface area (TPSA) is 77.2 Å². The van der Waals surface area contributed by atoms with Gasteiger partial charge in [-0.25, -0.2) is 4.39 Å². The van der Waals surface area contributed by atoms with Crippen molar-refractivity contribution in [3.05, 3.63) is 65.8 Å². The van der Waals surface area contributed by atoms with Crippen LogP contribution in [0.2, 0.25) is 0 Å². The second kappa shape index (κ2) is 7.57. The number of hydrogen-bond donors (Lipinski definition) is 1. The largest absolute Gasteiger partial charge is 0.484 e. The van der Waals surface area contributed by atoms with Gasteiger partial charge in [0.2, 0.25) is 12.3 Å². The summed E-state index contributed by atoms with van der Waals surface area (Å²) in [4.78, 5) is 11.8. The van der Waals surface area contributed by atoms with Crippen molar-refractivity contribution >= 4 is 5.91 Å². The summed E-state index contributed by atoms with van der Waals surface area (Å²) < 4.78 is 24.0. The normalized spacial score (nSPS) is 10.5. The van der Waals surface area contributed by atoms with Crippen LogP contribution < -0.4 is 10.1 Å². The predicted molar refractivity (Wildman–Crippen MR) is 88.2 cm³/mol. The van der Waals surface area contributed by atoms with E-state index in [-0.39, 0.29) is 24.9 Å². The molecule has 0 aliphatic carbocycles. The number of rotatable bonds is 6. The first-order valence-electron chi connectivity index (χ1n) is 7.63. The van der Waals surface area contributed by atoms with Crippen LogP contribution in [0.25, 0.3) is 11.5 Å². The lowest BCUT2D eigenvalue weighted by atomic mass is 10.1. The maximum absolute atomic E-state index is 13.5. The maximum Gasteiger partial charge on any atom is 0.258 e. The van der Waals surface area contributed by atoms with Gasteiger partial charge in [-0.3, -0.25) is 4.79 Å². The van der Waals surface area contributed by atoms with Crippen molar-refractivity contribution in [2.75, 3.05) is 6.61 Å². The Morgan fingerprint density at radius 3 is 2.72 bits per heavy atom. The van der Waals surface area contributed by atoms with E-state index in [0.717, 1.165) is 5.56 Å². The van der Waals surface area contributed by atoms with Crippen LogP contribution >= 0.6 is 0 Å². The van der Waals surface area contributed by atoms with Crippen molar-refractivity contribution in [2.45, 2.75) is 13.5 Å². The highest BCUT2D eigenvalue weighted by molar-refractivity contribution is 5.77. The van der Waals surface area contributed by atoms with Crippen LogP contribution in [0.1, 0.15) is 11.1 Å². The summed E-state index contributed by atoms with van der Waals surface area (Å²) in [6.45, 7) is 1.80. The molecule has 3 aromatic rings. The number of carbonyl (C=O) groups is 1. The van der Waals surface area contributed by atoms with Crippen LogP contribution in [-0.4, -0.2) is 22.7 Å². The van der Waals surface area contributed by atoms with E-state index >= 15 is 0 Å². The first-order chi connectivity index (χ1) is 12.1. The fourth-order valence-corrected chi connectivity index (χ4v) is 2.14. The molecule has 1 N–H and O–H groups in total. The lowest BCUT2D eigenvalue weighted by Gasteiger charge is -2.08. The van der Waals surface area contributed by atoms with Crippen LogP contribution in [0.5, 0.6) is 5.75 Å². The van der Waals surface area contributed by atoms with Crippen molar-refractivity contribution in [1.29, 1.82) is 0 Å². The lowest BCUT2D eigenvalue weighted by molar-refractivity contribution is -0.123. The molecule has 1 amide bonds. The molecule has 0 radical (unpaired) electrons. The Labute approximate surface area is 143 Å². The van der Waals surface area contributed by atoms with E-state index in [1.807, 2.05) is 0 Å². The summed E-state index contributed by atoms with van der Waals surface area (Å²) in [7, 11) is 0. The summed E-state index contributed by atoms with van der Waals surface area (Å²) in [5, 5.41) is 10.1. The van der Waals surface area contributed by atoms with Gasteiger partial charge in [0, 0.05) is 12.1 Å². The van der Waals surface area contributed by atoms with Gasteiger partial charge in [-0.15, -0.1) is 10.2 Å². The van der Waals surface area contributed by atoms with Crippen LogP contribution in [0.3, 0.4) is 0 Å². The van der Waals surface area contributed by atoms with E-state index in [4.69, 9.17) is 9.15 Å². The molecule has 0 aliphatic heterocycles. The molecule has 0 atom stereocenters. The average molecular weight is 341 g/mol. The number of hydrogen-bond acceptors (Lipinski definition) is 5. The molecule has 0 aliphatic rings. The molecule has 1 heterocycles. The lowest BCUT2D eigenvalue weighted by Crippen LogP contribution is -2.28. The molecule has 3 rings (SSSR count). The van der Waals surface area contributed by atoms with Gasteiger partial charge < -0.3 is 14.5 Å². The van der Waals surface area contributed by atoms with Gasteiger partial charge in [-0.05, 0) is 48.4 Å². The summed E-state index contributed by atoms with van der Waals surface area (Å²) in [5.74, 6) is 0.376. The maximum atomic E-state index is 13.5. The smallest absolute Gasteiger partial charge is 0.258 e. The molecule has 128 valence electrons. The molecule has 0 fully saturated rings. The summed E-state index contributed by atoms with van der Waals surface area (Å²) >= 11 is 0. The minimum Gasteiger partial charge on any atom is -0.484 e. The first-order valence-corrected chi connectivity index (χ1v) is 7.63. The van der Waals surface area contributed by atoms with E-state index in [2.05, 4.69) is 15.5 Å². The van der Waals surface area contributed by atoms with Crippen molar-refractivity contribution in [2.24, 2.45) is 0 Å². The second-order valence-corrected chi connectivity index (χ2v) is 5.42. The summed E-state index contributed by atoms with van der Waals surface area (Å²) in [6.07, 6.45) is 1.25. The molecule has 0 saturated carbocycles. The van der Waals surface area contributed by atoms with E-state index in [9.17, 15) is 9.18 Å². The molecule has 6 nitrogen and oxygen atoms in total. The quantitative estimate of drug-likeness (QED) is 0.746. The van der Waals surface area contributed by atoms with Gasteiger partial charge in [-0.1, -0.05) is 12.1 Å². The third-order valence-corrected chi connectivity index (χ3v) is 3.56. The highest BCUT2D eigenvalue weighted by atomic mass is 19.1. The summed E-state index contributed by atoms with van der Waals surface area (Å²) in [5.41, 5.74) is 2.03. The highest BCUT2D eigenvalue weighted by Gasteiger charge is 2.06. The third-order valence-electron chi connectivity index (χ3n) is 3.56. The fraction of sp³-hybridized carbons (Fsp3) is 0.167. The van der Waals surface area contributed by atoms with Gasteiger partial charge in [-0.2, -0.15) is 0 Å². The zero-order valence-corrected chi connectivity index (χ0v) is 13.5. The zero-order valence-electron chi connectivity index (χ0n) is 13.5. The Morgan fingerprint density at radius 2 is 2.04 bits per heavy atom. The molecule has 0 bridgehead atoms. The summed E-state index contributed by atoms with van der Waals surface area (Å²) in [6, 6.07) is 11.8. The predicted octanol–water partition coefficient (Wildman–Crippen LogP) is 2.88. The number of benzene rings is 2. The number of carbonyl (C=O) groups excluding carboxylic acids is 1. The molecule has 1 aromatic heterocycles. The van der Waals surface area contributed by atoms with E-state index in [1.165, 1.54) is 12.5 Å². The molecule has 2 aromatic carbocycles. The Bertz CT molecular complexity index is 849. The van der Waals surface area contributed by atoms with Crippen molar-refractivity contribution < 1.29 is 18.3 Å². The van der Waals surface area contributed by atoms with Gasteiger partial charge in [0.1, 0.15) is 11.6 Å². The molecular weight excluding hydrogens is 325 g/mol. The average Bonchev–Trinajstić information content (AvgIpc) is 3.16. The third kappa shape index (κ3) is 4.41. The second-order valence-electron chi connectivity index (χ2n) is 5.42. The number of ether oxygens (including phenoxy) is 1. The number of amides is 1. The molecule has 25 heavy (non-hydrogen) atoms. The van der Waals surface area contributed by atoms with Crippen molar-refractivity contribution in [1.82, 2.24) is 15.5 Å². The Hall–Kier alpha value is -3.22. The van der Waals surface area contributed by atoms with Gasteiger partial charge in [0.15, 0.2) is 6.61 Å². The molecular formula is C18H16FN3O3. The molecule has 0 saturated heterocycles. The fourth-order valence-electron chi connectivity index (χ4n) is 2.14. The number of nitrogens with zero attached hydrogens (tertiary/aromatic N) is 2. The van der Waals surface area contributed by atoms with Crippen LogP contribution in [0.15, 0.2) is 53.3 Å². The zero-order chi connectivity index (χ0) is 17.6. The Kier molecular flexibility index (Phi) is 5.03. The standard InChI is InChI=1S/C18H16FN3O3/c1-12-2-3-13(8-16(12)19)9-20-17(23)10-24-15-6-4-14(5-7-15)18-22-21-11-25-18/h2-8,11H,9-10H2,1H3,(H,20,23). The van der Waals surface area contributed by atoms with E-state index in [1.54, 1.807) is 43.3 Å². The number of aromatic nitrogens is 2.